The minimum Gasteiger partial charge on any atom is -0.0888 e. The molecular weight excluding hydrogens is 573 g/mol. The highest BCUT2D eigenvalue weighted by atomic mass is 32.2. The fourth-order valence-corrected chi connectivity index (χ4v) is 9.49. The van der Waals surface area contributed by atoms with Crippen molar-refractivity contribution in [3.8, 4) is 33.4 Å². The Kier molecular flexibility index (Phi) is 5.53. The Labute approximate surface area is 273 Å². The lowest BCUT2D eigenvalue weighted by atomic mass is 9.66. The third kappa shape index (κ3) is 3.47. The van der Waals surface area contributed by atoms with Gasteiger partial charge in [0.2, 0.25) is 0 Å². The van der Waals surface area contributed by atoms with Crippen LogP contribution in [0.3, 0.4) is 0 Å². The van der Waals surface area contributed by atoms with Crippen molar-refractivity contribution in [2.45, 2.75) is 15.2 Å². The molecule has 0 N–H and O–H groups in total. The molecule has 0 saturated carbocycles. The molecule has 1 unspecified atom stereocenters. The fraction of sp³-hybridized carbons (Fsp3) is 0.0222. The summed E-state index contributed by atoms with van der Waals surface area (Å²) in [6.45, 7) is 0. The Hall–Kier alpha value is -5.37. The maximum absolute atomic E-state index is 2.47. The van der Waals surface area contributed by atoms with Crippen molar-refractivity contribution >= 4 is 33.3 Å². The summed E-state index contributed by atoms with van der Waals surface area (Å²) in [5, 5.41) is 5.23. The van der Waals surface area contributed by atoms with Crippen LogP contribution >= 0.6 is 11.8 Å². The number of rotatable bonds is 3. The van der Waals surface area contributed by atoms with Gasteiger partial charge in [-0.2, -0.15) is 0 Å². The van der Waals surface area contributed by atoms with Crippen molar-refractivity contribution in [3.05, 3.63) is 192 Å². The summed E-state index contributed by atoms with van der Waals surface area (Å²) < 4.78 is 0. The first-order valence-electron chi connectivity index (χ1n) is 15.9. The quantitative estimate of drug-likeness (QED) is 0.194. The van der Waals surface area contributed by atoms with Crippen LogP contribution in [-0.2, 0) is 5.41 Å². The topological polar surface area (TPSA) is 0 Å². The van der Waals surface area contributed by atoms with Gasteiger partial charge in [-0.3, -0.25) is 0 Å². The molecule has 0 spiro atoms. The first-order chi connectivity index (χ1) is 22.8. The van der Waals surface area contributed by atoms with Gasteiger partial charge in [-0.05, 0) is 84.4 Å². The van der Waals surface area contributed by atoms with E-state index in [1.807, 2.05) is 11.8 Å². The Balaban J connectivity index is 1.29. The standard InChI is InChI=1S/C45H28S/c1-2-16-32(17-3-1)45(39-23-7-6-20-36(39)37-27-26-29-12-4-5-19-35(29)44(37)45)33-18-8-15-31(28-33)34-21-11-25-41-43(34)38-22-9-13-30-14-10-24-40(46-41)42(30)38/h1-28H. The van der Waals surface area contributed by atoms with Crippen molar-refractivity contribution < 1.29 is 0 Å². The summed E-state index contributed by atoms with van der Waals surface area (Å²) in [5.74, 6) is 0. The molecule has 0 fully saturated rings. The predicted molar refractivity (Wildman–Crippen MR) is 194 cm³/mol. The molecule has 0 amide bonds. The number of hydrogen-bond donors (Lipinski definition) is 0. The lowest BCUT2D eigenvalue weighted by molar-refractivity contribution is 0.776. The van der Waals surface area contributed by atoms with Crippen LogP contribution < -0.4 is 0 Å². The van der Waals surface area contributed by atoms with Crippen molar-refractivity contribution in [2.24, 2.45) is 0 Å². The molecule has 1 heteroatoms. The summed E-state index contributed by atoms with van der Waals surface area (Å²) in [7, 11) is 0. The normalized spacial score (nSPS) is 15.8. The molecule has 0 bridgehead atoms. The minimum atomic E-state index is -0.472. The highest BCUT2D eigenvalue weighted by Crippen LogP contribution is 2.59. The Morgan fingerprint density at radius 2 is 1.09 bits per heavy atom. The van der Waals surface area contributed by atoms with Crippen LogP contribution in [0.25, 0.3) is 54.9 Å². The molecule has 0 radical (unpaired) electrons. The highest BCUT2D eigenvalue weighted by Gasteiger charge is 2.47. The summed E-state index contributed by atoms with van der Waals surface area (Å²) in [6, 6.07) is 63.3. The van der Waals surface area contributed by atoms with Crippen molar-refractivity contribution in [1.82, 2.24) is 0 Å². The van der Waals surface area contributed by atoms with E-state index in [0.29, 0.717) is 0 Å². The van der Waals surface area contributed by atoms with Crippen LogP contribution in [0.5, 0.6) is 0 Å². The number of hydrogen-bond acceptors (Lipinski definition) is 1. The molecule has 0 aromatic heterocycles. The van der Waals surface area contributed by atoms with Crippen LogP contribution in [-0.4, -0.2) is 0 Å². The van der Waals surface area contributed by atoms with Gasteiger partial charge in [-0.1, -0.05) is 163 Å². The summed E-state index contributed by atoms with van der Waals surface area (Å²) in [6.07, 6.45) is 0. The maximum Gasteiger partial charge on any atom is 0.0719 e. The predicted octanol–water partition coefficient (Wildman–Crippen LogP) is 12.2. The van der Waals surface area contributed by atoms with Gasteiger partial charge in [-0.15, -0.1) is 0 Å². The van der Waals surface area contributed by atoms with E-state index in [9.17, 15) is 0 Å². The van der Waals surface area contributed by atoms with Gasteiger partial charge in [0, 0.05) is 20.7 Å². The minimum absolute atomic E-state index is 0.472. The highest BCUT2D eigenvalue weighted by molar-refractivity contribution is 7.99. The van der Waals surface area contributed by atoms with E-state index < -0.39 is 5.41 Å². The average molecular weight is 601 g/mol. The second-order valence-corrected chi connectivity index (χ2v) is 13.5. The SMILES string of the molecule is c1ccc(C2(c3cccc(-c4cccc5c4-c4cccc6cccc(c46)S5)c3)c3ccccc3-c3ccc4ccccc4c32)cc1. The van der Waals surface area contributed by atoms with Gasteiger partial charge in [0.15, 0.2) is 0 Å². The summed E-state index contributed by atoms with van der Waals surface area (Å²) in [5.41, 5.74) is 12.6. The van der Waals surface area contributed by atoms with E-state index in [1.54, 1.807) is 0 Å². The van der Waals surface area contributed by atoms with E-state index in [2.05, 4.69) is 170 Å². The number of benzene rings is 8. The second-order valence-electron chi connectivity index (χ2n) is 12.4. The number of fused-ring (bicyclic) bond motifs is 7. The largest absolute Gasteiger partial charge is 0.0888 e. The molecule has 1 aliphatic heterocycles. The monoisotopic (exact) mass is 600 g/mol. The molecule has 214 valence electrons. The van der Waals surface area contributed by atoms with Crippen LogP contribution in [0.15, 0.2) is 180 Å². The zero-order valence-electron chi connectivity index (χ0n) is 25.1. The van der Waals surface area contributed by atoms with Gasteiger partial charge in [0.25, 0.3) is 0 Å². The molecule has 0 saturated heterocycles. The Bertz CT molecular complexity index is 2500. The third-order valence-corrected chi connectivity index (χ3v) is 11.2. The van der Waals surface area contributed by atoms with Crippen molar-refractivity contribution in [3.63, 3.8) is 0 Å². The van der Waals surface area contributed by atoms with E-state index in [4.69, 9.17) is 0 Å². The first kappa shape index (κ1) is 25.9. The smallest absolute Gasteiger partial charge is 0.0719 e. The van der Waals surface area contributed by atoms with Gasteiger partial charge in [-0.25, -0.2) is 0 Å². The molecule has 8 aromatic rings. The summed E-state index contributed by atoms with van der Waals surface area (Å²) >= 11 is 1.89. The summed E-state index contributed by atoms with van der Waals surface area (Å²) in [4.78, 5) is 2.65. The molecule has 0 nitrogen and oxygen atoms in total. The Morgan fingerprint density at radius 3 is 2.02 bits per heavy atom. The zero-order chi connectivity index (χ0) is 30.2. The van der Waals surface area contributed by atoms with Gasteiger partial charge in [0.05, 0.1) is 5.41 Å². The van der Waals surface area contributed by atoms with E-state index in [0.717, 1.165) is 0 Å². The van der Waals surface area contributed by atoms with Gasteiger partial charge >= 0.3 is 0 Å². The average Bonchev–Trinajstić information content (AvgIpc) is 3.44. The van der Waals surface area contributed by atoms with Crippen LogP contribution in [0.2, 0.25) is 0 Å². The first-order valence-corrected chi connectivity index (χ1v) is 16.8. The van der Waals surface area contributed by atoms with Crippen molar-refractivity contribution in [2.75, 3.05) is 0 Å². The lowest BCUT2D eigenvalue weighted by Gasteiger charge is -2.35. The van der Waals surface area contributed by atoms with Gasteiger partial charge in [0.1, 0.15) is 0 Å². The van der Waals surface area contributed by atoms with Gasteiger partial charge < -0.3 is 0 Å². The molecule has 2 aliphatic rings. The molecule has 1 atom stereocenters. The van der Waals surface area contributed by atoms with E-state index >= 15 is 0 Å². The molecule has 1 heterocycles. The van der Waals surface area contributed by atoms with Crippen LogP contribution in [0, 0.1) is 0 Å². The molecular formula is C45H28S. The third-order valence-electron chi connectivity index (χ3n) is 10.1. The fourth-order valence-electron chi connectivity index (χ4n) is 8.31. The van der Waals surface area contributed by atoms with E-state index in [-0.39, 0.29) is 0 Å². The molecule has 8 aromatic carbocycles. The molecule has 46 heavy (non-hydrogen) atoms. The van der Waals surface area contributed by atoms with Crippen molar-refractivity contribution in [1.29, 1.82) is 0 Å². The second kappa shape index (κ2) is 9.81. The van der Waals surface area contributed by atoms with Crippen LogP contribution in [0.4, 0.5) is 0 Å². The zero-order valence-corrected chi connectivity index (χ0v) is 25.9. The lowest BCUT2D eigenvalue weighted by Crippen LogP contribution is -2.29. The molecule has 10 rings (SSSR count). The molecule has 1 aliphatic carbocycles. The van der Waals surface area contributed by atoms with Crippen LogP contribution in [0.1, 0.15) is 22.3 Å². The maximum atomic E-state index is 2.47. The van der Waals surface area contributed by atoms with E-state index in [1.165, 1.54) is 87.0 Å². The Morgan fingerprint density at radius 1 is 0.413 bits per heavy atom.